The first-order valence-corrected chi connectivity index (χ1v) is 3.83. The minimum Gasteiger partial charge on any atom is -0.266 e. The molecule has 0 bridgehead atoms. The van der Waals surface area contributed by atoms with E-state index in [1.54, 1.807) is 17.9 Å². The van der Waals surface area contributed by atoms with E-state index in [0.717, 1.165) is 10.9 Å². The number of nitrogens with zero attached hydrogens (tertiary/aromatic N) is 2. The van der Waals surface area contributed by atoms with Crippen molar-refractivity contribution in [3.05, 3.63) is 29.2 Å². The van der Waals surface area contributed by atoms with E-state index in [0.29, 0.717) is 5.02 Å². The average Bonchev–Trinajstić information content (AvgIpc) is 2.31. The van der Waals surface area contributed by atoms with Crippen LogP contribution < -0.4 is 0 Å². The molecule has 0 radical (unpaired) electrons. The zero-order valence-electron chi connectivity index (χ0n) is 6.38. The normalized spacial score (nSPS) is 10.9. The second-order valence-corrected chi connectivity index (χ2v) is 3.00. The highest BCUT2D eigenvalue weighted by molar-refractivity contribution is 6.35. The van der Waals surface area contributed by atoms with E-state index in [2.05, 4.69) is 5.10 Å². The number of rotatable bonds is 0. The predicted octanol–water partition coefficient (Wildman–Crippen LogP) is 2.37. The number of aromatic nitrogens is 2. The van der Waals surface area contributed by atoms with Gasteiger partial charge in [-0.15, -0.1) is 0 Å². The molecule has 1 heterocycles. The van der Waals surface area contributed by atoms with Gasteiger partial charge in [-0.1, -0.05) is 11.6 Å². The van der Waals surface area contributed by atoms with Crippen molar-refractivity contribution in [2.75, 3.05) is 0 Å². The minimum atomic E-state index is -0.333. The van der Waals surface area contributed by atoms with Crippen molar-refractivity contribution in [1.82, 2.24) is 9.78 Å². The third-order valence-corrected chi connectivity index (χ3v) is 2.04. The van der Waals surface area contributed by atoms with E-state index in [-0.39, 0.29) is 5.82 Å². The molecule has 0 aliphatic rings. The lowest BCUT2D eigenvalue weighted by atomic mass is 10.2. The number of hydrogen-bond donors (Lipinski definition) is 0. The molecule has 1 aromatic heterocycles. The summed E-state index contributed by atoms with van der Waals surface area (Å²) in [5.74, 6) is -0.333. The molecule has 0 amide bonds. The van der Waals surface area contributed by atoms with Crippen molar-refractivity contribution in [2.45, 2.75) is 0 Å². The fourth-order valence-corrected chi connectivity index (χ4v) is 1.57. The summed E-state index contributed by atoms with van der Waals surface area (Å²) in [6.07, 6.45) is 1.59. The second-order valence-electron chi connectivity index (χ2n) is 2.59. The summed E-state index contributed by atoms with van der Waals surface area (Å²) in [5, 5.41) is 5.08. The van der Waals surface area contributed by atoms with E-state index in [1.807, 2.05) is 0 Å². The van der Waals surface area contributed by atoms with Gasteiger partial charge in [-0.2, -0.15) is 5.10 Å². The summed E-state index contributed by atoms with van der Waals surface area (Å²) >= 11 is 5.81. The van der Waals surface area contributed by atoms with Crippen LogP contribution in [0.5, 0.6) is 0 Å². The smallest absolute Gasteiger partial charge is 0.125 e. The molecule has 2 nitrogen and oxygen atoms in total. The zero-order chi connectivity index (χ0) is 8.72. The summed E-state index contributed by atoms with van der Waals surface area (Å²) < 4.78 is 14.4. The van der Waals surface area contributed by atoms with Gasteiger partial charge in [0.15, 0.2) is 0 Å². The van der Waals surface area contributed by atoms with Gasteiger partial charge < -0.3 is 0 Å². The summed E-state index contributed by atoms with van der Waals surface area (Å²) in [6.45, 7) is 0. The standard InChI is InChI=1S/C8H6ClFN2/c1-12-8-5(4-11-12)2-6(10)3-7(8)9/h2-4H,1H3. The van der Waals surface area contributed by atoms with Gasteiger partial charge >= 0.3 is 0 Å². The molecular weight excluding hydrogens is 179 g/mol. The second kappa shape index (κ2) is 2.45. The highest BCUT2D eigenvalue weighted by atomic mass is 35.5. The number of hydrogen-bond acceptors (Lipinski definition) is 1. The molecule has 1 aromatic carbocycles. The third-order valence-electron chi connectivity index (χ3n) is 1.75. The van der Waals surface area contributed by atoms with Gasteiger partial charge in [0.1, 0.15) is 5.82 Å². The predicted molar refractivity (Wildman–Crippen MR) is 45.7 cm³/mol. The lowest BCUT2D eigenvalue weighted by Gasteiger charge is -1.96. The van der Waals surface area contributed by atoms with E-state index in [1.165, 1.54) is 12.1 Å². The summed E-state index contributed by atoms with van der Waals surface area (Å²) in [6, 6.07) is 2.69. The topological polar surface area (TPSA) is 17.8 Å². The maximum absolute atomic E-state index is 12.8. The minimum absolute atomic E-state index is 0.333. The fourth-order valence-electron chi connectivity index (χ4n) is 1.23. The van der Waals surface area contributed by atoms with E-state index in [9.17, 15) is 4.39 Å². The van der Waals surface area contributed by atoms with E-state index in [4.69, 9.17) is 11.6 Å². The molecule has 62 valence electrons. The van der Waals surface area contributed by atoms with Crippen molar-refractivity contribution in [2.24, 2.45) is 7.05 Å². The molecule has 2 rings (SSSR count). The van der Waals surface area contributed by atoms with Crippen molar-refractivity contribution < 1.29 is 4.39 Å². The molecule has 2 aromatic rings. The first kappa shape index (κ1) is 7.55. The monoisotopic (exact) mass is 184 g/mol. The van der Waals surface area contributed by atoms with Crippen LogP contribution in [0.1, 0.15) is 0 Å². The molecule has 0 unspecified atom stereocenters. The molecule has 0 saturated carbocycles. The van der Waals surface area contributed by atoms with Crippen molar-refractivity contribution >= 4 is 22.5 Å². The molecule has 0 atom stereocenters. The molecule has 4 heteroatoms. The van der Waals surface area contributed by atoms with Crippen LogP contribution in [0.3, 0.4) is 0 Å². The van der Waals surface area contributed by atoms with Gasteiger partial charge in [-0.25, -0.2) is 4.39 Å². The zero-order valence-corrected chi connectivity index (χ0v) is 7.14. The Morgan fingerprint density at radius 3 is 3.00 bits per heavy atom. The van der Waals surface area contributed by atoms with Crippen LogP contribution in [0.25, 0.3) is 10.9 Å². The van der Waals surface area contributed by atoms with Gasteiger partial charge in [0.2, 0.25) is 0 Å². The van der Waals surface area contributed by atoms with Crippen LogP contribution in [-0.2, 0) is 7.05 Å². The quantitative estimate of drug-likeness (QED) is 0.615. The lowest BCUT2D eigenvalue weighted by Crippen LogP contribution is -1.89. The molecule has 0 spiro atoms. The summed E-state index contributed by atoms with van der Waals surface area (Å²) in [7, 11) is 1.77. The molecule has 0 aliphatic heterocycles. The molecule has 0 saturated heterocycles. The van der Waals surface area contributed by atoms with Gasteiger partial charge in [0.25, 0.3) is 0 Å². The van der Waals surface area contributed by atoms with Gasteiger partial charge in [0, 0.05) is 12.4 Å². The Bertz CT molecular complexity index is 436. The van der Waals surface area contributed by atoms with Crippen LogP contribution in [-0.4, -0.2) is 9.78 Å². The first-order valence-electron chi connectivity index (χ1n) is 3.45. The third kappa shape index (κ3) is 0.975. The van der Waals surface area contributed by atoms with Crippen LogP contribution in [0.15, 0.2) is 18.3 Å². The van der Waals surface area contributed by atoms with Crippen LogP contribution in [0.4, 0.5) is 4.39 Å². The van der Waals surface area contributed by atoms with Gasteiger partial charge in [-0.05, 0) is 12.1 Å². The summed E-state index contributed by atoms with van der Waals surface area (Å²) in [4.78, 5) is 0. The van der Waals surface area contributed by atoms with Crippen LogP contribution >= 0.6 is 11.6 Å². The number of halogens is 2. The Hall–Kier alpha value is -1.09. The van der Waals surface area contributed by atoms with Crippen LogP contribution in [0, 0.1) is 5.82 Å². The Morgan fingerprint density at radius 1 is 1.50 bits per heavy atom. The number of benzene rings is 1. The first-order chi connectivity index (χ1) is 5.68. The number of aryl methyl sites for hydroxylation is 1. The maximum atomic E-state index is 12.8. The largest absolute Gasteiger partial charge is 0.266 e. The maximum Gasteiger partial charge on any atom is 0.125 e. The molecular formula is C8H6ClFN2. The summed E-state index contributed by atoms with van der Waals surface area (Å²) in [5.41, 5.74) is 0.762. The number of fused-ring (bicyclic) bond motifs is 1. The van der Waals surface area contributed by atoms with E-state index >= 15 is 0 Å². The SMILES string of the molecule is Cn1ncc2cc(F)cc(Cl)c21. The Balaban J connectivity index is 2.93. The van der Waals surface area contributed by atoms with Crippen LogP contribution in [0.2, 0.25) is 5.02 Å². The molecule has 0 N–H and O–H groups in total. The average molecular weight is 185 g/mol. The molecule has 0 fully saturated rings. The highest BCUT2D eigenvalue weighted by Gasteiger charge is 2.05. The lowest BCUT2D eigenvalue weighted by molar-refractivity contribution is 0.629. The van der Waals surface area contributed by atoms with E-state index < -0.39 is 0 Å². The molecule has 0 aliphatic carbocycles. The highest BCUT2D eigenvalue weighted by Crippen LogP contribution is 2.23. The van der Waals surface area contributed by atoms with Gasteiger partial charge in [0.05, 0.1) is 16.7 Å². The van der Waals surface area contributed by atoms with Crippen molar-refractivity contribution in [3.8, 4) is 0 Å². The van der Waals surface area contributed by atoms with Crippen molar-refractivity contribution in [3.63, 3.8) is 0 Å². The fraction of sp³-hybridized carbons (Fsp3) is 0.125. The van der Waals surface area contributed by atoms with Gasteiger partial charge in [-0.3, -0.25) is 4.68 Å². The Labute approximate surface area is 73.6 Å². The molecule has 12 heavy (non-hydrogen) atoms. The Kier molecular flexibility index (Phi) is 1.54. The van der Waals surface area contributed by atoms with Crippen molar-refractivity contribution in [1.29, 1.82) is 0 Å². The Morgan fingerprint density at radius 2 is 2.25 bits per heavy atom.